The monoisotopic (exact) mass is 218 g/mol. The summed E-state index contributed by atoms with van der Waals surface area (Å²) in [7, 11) is 0. The molecule has 2 atom stereocenters. The van der Waals surface area contributed by atoms with Gasteiger partial charge in [0.05, 0.1) is 12.7 Å². The Morgan fingerprint density at radius 1 is 1.38 bits per heavy atom. The van der Waals surface area contributed by atoms with Crippen LogP contribution in [0.1, 0.15) is 25.3 Å². The Hall–Kier alpha value is -1.30. The molecule has 0 aliphatic carbocycles. The van der Waals surface area contributed by atoms with E-state index in [1.165, 1.54) is 0 Å². The molecule has 16 heavy (non-hydrogen) atoms. The maximum absolute atomic E-state index is 9.34. The molecule has 1 rings (SSSR count). The van der Waals surface area contributed by atoms with E-state index in [2.05, 4.69) is 5.92 Å². The minimum absolute atomic E-state index is 0.0197. The van der Waals surface area contributed by atoms with E-state index in [9.17, 15) is 5.11 Å². The van der Waals surface area contributed by atoms with Crippen LogP contribution in [0.2, 0.25) is 0 Å². The molecule has 0 saturated carbocycles. The van der Waals surface area contributed by atoms with Crippen LogP contribution in [-0.4, -0.2) is 17.3 Å². The molecule has 1 aromatic carbocycles. The van der Waals surface area contributed by atoms with Gasteiger partial charge >= 0.3 is 0 Å². The van der Waals surface area contributed by atoms with Crippen molar-refractivity contribution in [3.63, 3.8) is 0 Å². The zero-order chi connectivity index (χ0) is 11.8. The van der Waals surface area contributed by atoms with Gasteiger partial charge in [0.2, 0.25) is 0 Å². The molecule has 0 aliphatic heterocycles. The molecule has 1 aromatic rings. The van der Waals surface area contributed by atoms with Crippen molar-refractivity contribution >= 4 is 0 Å². The molecule has 86 valence electrons. The van der Waals surface area contributed by atoms with Crippen LogP contribution in [0.5, 0.6) is 0 Å². The van der Waals surface area contributed by atoms with Gasteiger partial charge in [-0.25, -0.2) is 0 Å². The van der Waals surface area contributed by atoms with Crippen LogP contribution in [0.3, 0.4) is 0 Å². The van der Waals surface area contributed by atoms with Gasteiger partial charge in [-0.3, -0.25) is 0 Å². The lowest BCUT2D eigenvalue weighted by atomic mass is 10.1. The maximum Gasteiger partial charge on any atom is 0.116 e. The molecule has 0 radical (unpaired) electrons. The van der Waals surface area contributed by atoms with E-state index >= 15 is 0 Å². The normalized spacial score (nSPS) is 14.1. The number of aliphatic hydroxyl groups excluding tert-OH is 1. The van der Waals surface area contributed by atoms with Crippen molar-refractivity contribution in [1.29, 1.82) is 0 Å². The van der Waals surface area contributed by atoms with Gasteiger partial charge in [0.25, 0.3) is 0 Å². The fourth-order valence-electron chi connectivity index (χ4n) is 1.46. The Labute approximate surface area is 97.3 Å². The van der Waals surface area contributed by atoms with E-state index in [-0.39, 0.29) is 6.10 Å². The maximum atomic E-state index is 9.34. The highest BCUT2D eigenvalue weighted by atomic mass is 16.5. The van der Waals surface area contributed by atoms with Crippen LogP contribution < -0.4 is 0 Å². The predicted octanol–water partition coefficient (Wildman–Crippen LogP) is 2.37. The molecule has 0 heterocycles. The van der Waals surface area contributed by atoms with Gasteiger partial charge in [-0.15, -0.1) is 6.42 Å². The Balaban J connectivity index is 2.38. The average Bonchev–Trinajstić information content (AvgIpc) is 2.35. The minimum atomic E-state index is -0.708. The second-order valence-corrected chi connectivity index (χ2v) is 3.75. The number of ether oxygens (including phenoxy) is 1. The SMILES string of the molecule is C#C[C@H](O)C[C@H](CC)OCc1ccccc1. The molecule has 1 N–H and O–H groups in total. The summed E-state index contributed by atoms with van der Waals surface area (Å²) in [6.45, 7) is 2.59. The zero-order valence-electron chi connectivity index (χ0n) is 9.60. The molecule has 0 aliphatic rings. The molecule has 0 saturated heterocycles. The van der Waals surface area contributed by atoms with E-state index in [1.54, 1.807) is 0 Å². The highest BCUT2D eigenvalue weighted by Gasteiger charge is 2.11. The highest BCUT2D eigenvalue weighted by molar-refractivity contribution is 5.13. The average molecular weight is 218 g/mol. The summed E-state index contributed by atoms with van der Waals surface area (Å²) in [6, 6.07) is 9.98. The Morgan fingerprint density at radius 3 is 2.62 bits per heavy atom. The first-order valence-electron chi connectivity index (χ1n) is 5.56. The summed E-state index contributed by atoms with van der Waals surface area (Å²) >= 11 is 0. The molecule has 0 amide bonds. The Bertz CT molecular complexity index is 326. The van der Waals surface area contributed by atoms with E-state index in [4.69, 9.17) is 11.2 Å². The van der Waals surface area contributed by atoms with Crippen molar-refractivity contribution in [1.82, 2.24) is 0 Å². The second-order valence-electron chi connectivity index (χ2n) is 3.75. The fourth-order valence-corrected chi connectivity index (χ4v) is 1.46. The molecule has 0 bridgehead atoms. The first kappa shape index (κ1) is 12.8. The number of hydrogen-bond acceptors (Lipinski definition) is 2. The van der Waals surface area contributed by atoms with Crippen LogP contribution in [0, 0.1) is 12.3 Å². The van der Waals surface area contributed by atoms with Crippen molar-refractivity contribution in [2.75, 3.05) is 0 Å². The highest BCUT2D eigenvalue weighted by Crippen LogP contribution is 2.10. The summed E-state index contributed by atoms with van der Waals surface area (Å²) in [5.74, 6) is 2.30. The van der Waals surface area contributed by atoms with Gasteiger partial charge < -0.3 is 9.84 Å². The smallest absolute Gasteiger partial charge is 0.116 e. The van der Waals surface area contributed by atoms with Crippen LogP contribution in [0.25, 0.3) is 0 Å². The standard InChI is InChI=1S/C14H18O2/c1-3-13(15)10-14(4-2)16-11-12-8-6-5-7-9-12/h1,5-9,13-15H,4,10-11H2,2H3/t13-,14-/m0/s1. The van der Waals surface area contributed by atoms with Gasteiger partial charge in [0, 0.05) is 6.42 Å². The van der Waals surface area contributed by atoms with Crippen molar-refractivity contribution in [2.24, 2.45) is 0 Å². The number of hydrogen-bond donors (Lipinski definition) is 1. The summed E-state index contributed by atoms with van der Waals surface area (Å²) in [5.41, 5.74) is 1.14. The Kier molecular flexibility index (Phi) is 5.63. The summed E-state index contributed by atoms with van der Waals surface area (Å²) in [5, 5.41) is 9.34. The second kappa shape index (κ2) is 7.05. The molecule has 0 unspecified atom stereocenters. The fraction of sp³-hybridized carbons (Fsp3) is 0.429. The van der Waals surface area contributed by atoms with E-state index in [0.717, 1.165) is 12.0 Å². The molecule has 0 spiro atoms. The van der Waals surface area contributed by atoms with Crippen molar-refractivity contribution in [3.8, 4) is 12.3 Å². The number of rotatable bonds is 6. The minimum Gasteiger partial charge on any atom is -0.380 e. The van der Waals surface area contributed by atoms with Gasteiger partial charge in [-0.2, -0.15) is 0 Å². The Morgan fingerprint density at radius 2 is 2.06 bits per heavy atom. The van der Waals surface area contributed by atoms with E-state index < -0.39 is 6.10 Å². The quantitative estimate of drug-likeness (QED) is 0.743. The summed E-state index contributed by atoms with van der Waals surface area (Å²) in [4.78, 5) is 0. The lowest BCUT2D eigenvalue weighted by molar-refractivity contribution is 0.0126. The van der Waals surface area contributed by atoms with E-state index in [1.807, 2.05) is 37.3 Å². The topological polar surface area (TPSA) is 29.5 Å². The zero-order valence-corrected chi connectivity index (χ0v) is 9.60. The first-order chi connectivity index (χ1) is 7.76. The van der Waals surface area contributed by atoms with Crippen LogP contribution in [0.15, 0.2) is 30.3 Å². The van der Waals surface area contributed by atoms with Crippen LogP contribution >= 0.6 is 0 Å². The summed E-state index contributed by atoms with van der Waals surface area (Å²) in [6.07, 6.45) is 5.79. The lowest BCUT2D eigenvalue weighted by Crippen LogP contribution is -2.19. The number of terminal acetylenes is 1. The molecule has 2 nitrogen and oxygen atoms in total. The van der Waals surface area contributed by atoms with Gasteiger partial charge in [-0.05, 0) is 12.0 Å². The van der Waals surface area contributed by atoms with Gasteiger partial charge in [0.1, 0.15) is 6.10 Å². The van der Waals surface area contributed by atoms with Crippen LogP contribution in [-0.2, 0) is 11.3 Å². The molecule has 2 heteroatoms. The molecule has 0 aromatic heterocycles. The molecular formula is C14H18O2. The first-order valence-corrected chi connectivity index (χ1v) is 5.56. The van der Waals surface area contributed by atoms with Gasteiger partial charge in [-0.1, -0.05) is 43.2 Å². The largest absolute Gasteiger partial charge is 0.380 e. The van der Waals surface area contributed by atoms with Crippen molar-refractivity contribution in [2.45, 2.75) is 38.6 Å². The van der Waals surface area contributed by atoms with Crippen molar-refractivity contribution in [3.05, 3.63) is 35.9 Å². The lowest BCUT2D eigenvalue weighted by Gasteiger charge is -2.17. The molecular weight excluding hydrogens is 200 g/mol. The van der Waals surface area contributed by atoms with Gasteiger partial charge in [0.15, 0.2) is 0 Å². The third kappa shape index (κ3) is 4.48. The van der Waals surface area contributed by atoms with E-state index in [0.29, 0.717) is 13.0 Å². The number of aliphatic hydroxyl groups is 1. The predicted molar refractivity (Wildman–Crippen MR) is 64.8 cm³/mol. The van der Waals surface area contributed by atoms with Crippen molar-refractivity contribution < 1.29 is 9.84 Å². The number of benzene rings is 1. The third-order valence-electron chi connectivity index (χ3n) is 2.46. The third-order valence-corrected chi connectivity index (χ3v) is 2.46. The molecule has 0 fully saturated rings. The van der Waals surface area contributed by atoms with Crippen LogP contribution in [0.4, 0.5) is 0 Å². The summed E-state index contributed by atoms with van der Waals surface area (Å²) < 4.78 is 5.69.